The Hall–Kier alpha value is -2.29. The molecule has 8 heteroatoms. The quantitative estimate of drug-likeness (QED) is 0.673. The van der Waals surface area contributed by atoms with Gasteiger partial charge in [-0.3, -0.25) is 19.4 Å². The number of hydrogen-bond donors (Lipinski definition) is 2. The number of piperazine rings is 1. The second kappa shape index (κ2) is 10.7. The topological polar surface area (TPSA) is 77.6 Å². The van der Waals surface area contributed by atoms with Crippen LogP contribution in [0.15, 0.2) is 29.6 Å². The molecule has 1 aromatic heterocycles. The van der Waals surface area contributed by atoms with Crippen molar-refractivity contribution in [3.63, 3.8) is 0 Å². The Morgan fingerprint density at radius 1 is 1.07 bits per heavy atom. The molecule has 1 aliphatic heterocycles. The molecule has 3 rings (SSSR count). The van der Waals surface area contributed by atoms with E-state index >= 15 is 0 Å². The first kappa shape index (κ1) is 22.4. The van der Waals surface area contributed by atoms with Crippen LogP contribution in [0, 0.1) is 6.92 Å². The van der Waals surface area contributed by atoms with Gasteiger partial charge in [0, 0.05) is 49.8 Å². The number of rotatable bonds is 8. The van der Waals surface area contributed by atoms with Crippen molar-refractivity contribution in [3.05, 3.63) is 45.9 Å². The summed E-state index contributed by atoms with van der Waals surface area (Å²) in [6.07, 6.45) is 0.289. The van der Waals surface area contributed by atoms with Crippen LogP contribution in [0.2, 0.25) is 0 Å². The number of thiazole rings is 1. The third-order valence-corrected chi connectivity index (χ3v) is 5.81. The van der Waals surface area contributed by atoms with Gasteiger partial charge >= 0.3 is 0 Å². The molecule has 0 unspecified atom stereocenters. The molecule has 1 fully saturated rings. The minimum atomic E-state index is -0.0481. The molecule has 0 saturated carbocycles. The molecule has 162 valence electrons. The number of aromatic nitrogens is 1. The third-order valence-electron chi connectivity index (χ3n) is 4.91. The number of amides is 2. The first-order valence-electron chi connectivity index (χ1n) is 10.4. The number of carbonyl (C=O) groups is 2. The standard InChI is InChI=1S/C22H31N5O2S/c1-16(2)23-21(29)14-27-10-8-26(9-11-27)13-19-15-30-22(25-19)12-20(28)24-18-6-4-17(3)5-7-18/h4-7,15-16H,8-14H2,1-3H3,(H,23,29)(H,24,28). The number of nitrogens with zero attached hydrogens (tertiary/aromatic N) is 3. The van der Waals surface area contributed by atoms with E-state index in [1.807, 2.05) is 50.4 Å². The smallest absolute Gasteiger partial charge is 0.234 e. The number of nitrogens with one attached hydrogen (secondary N) is 2. The van der Waals surface area contributed by atoms with Crippen LogP contribution in [0.5, 0.6) is 0 Å². The summed E-state index contributed by atoms with van der Waals surface area (Å²) in [5.41, 5.74) is 2.98. The molecule has 2 N–H and O–H groups in total. The number of benzene rings is 1. The molecule has 1 aromatic carbocycles. The molecular formula is C22H31N5O2S. The fraction of sp³-hybridized carbons (Fsp3) is 0.500. The second-order valence-electron chi connectivity index (χ2n) is 8.10. The van der Waals surface area contributed by atoms with E-state index in [0.717, 1.165) is 54.7 Å². The minimum absolute atomic E-state index is 0.0481. The summed E-state index contributed by atoms with van der Waals surface area (Å²) in [7, 11) is 0. The number of carbonyl (C=O) groups excluding carboxylic acids is 2. The fourth-order valence-corrected chi connectivity index (χ4v) is 4.17. The van der Waals surface area contributed by atoms with E-state index in [4.69, 9.17) is 0 Å². The molecule has 2 amide bonds. The van der Waals surface area contributed by atoms with Gasteiger partial charge in [0.05, 0.1) is 18.7 Å². The summed E-state index contributed by atoms with van der Waals surface area (Å²) >= 11 is 1.53. The van der Waals surface area contributed by atoms with Crippen molar-refractivity contribution < 1.29 is 9.59 Å². The zero-order chi connectivity index (χ0) is 21.5. The lowest BCUT2D eigenvalue weighted by Crippen LogP contribution is -2.49. The largest absolute Gasteiger partial charge is 0.353 e. The van der Waals surface area contributed by atoms with E-state index < -0.39 is 0 Å². The number of hydrogen-bond acceptors (Lipinski definition) is 6. The van der Waals surface area contributed by atoms with Gasteiger partial charge in [0.25, 0.3) is 0 Å². The molecule has 0 atom stereocenters. The van der Waals surface area contributed by atoms with Crippen LogP contribution >= 0.6 is 11.3 Å². The summed E-state index contributed by atoms with van der Waals surface area (Å²) in [6, 6.07) is 7.96. The third kappa shape index (κ3) is 7.19. The second-order valence-corrected chi connectivity index (χ2v) is 9.04. The van der Waals surface area contributed by atoms with Gasteiger partial charge in [-0.25, -0.2) is 4.98 Å². The normalized spacial score (nSPS) is 15.3. The zero-order valence-corrected chi connectivity index (χ0v) is 18.8. The first-order valence-corrected chi connectivity index (χ1v) is 11.3. The monoisotopic (exact) mass is 429 g/mol. The van der Waals surface area contributed by atoms with E-state index in [-0.39, 0.29) is 24.3 Å². The Balaban J connectivity index is 1.41. The summed E-state index contributed by atoms with van der Waals surface area (Å²) in [4.78, 5) is 33.3. The number of aryl methyl sites for hydroxylation is 1. The Bertz CT molecular complexity index is 841. The van der Waals surface area contributed by atoms with E-state index in [2.05, 4.69) is 25.4 Å². The molecule has 1 saturated heterocycles. The van der Waals surface area contributed by atoms with E-state index in [9.17, 15) is 9.59 Å². The van der Waals surface area contributed by atoms with E-state index in [1.165, 1.54) is 11.3 Å². The van der Waals surface area contributed by atoms with Gasteiger partial charge in [-0.2, -0.15) is 0 Å². The van der Waals surface area contributed by atoms with Crippen LogP contribution in [-0.2, 0) is 22.6 Å². The molecule has 1 aliphatic rings. The molecule has 7 nitrogen and oxygen atoms in total. The van der Waals surface area contributed by atoms with E-state index in [1.54, 1.807) is 0 Å². The van der Waals surface area contributed by atoms with Crippen molar-refractivity contribution >= 4 is 28.8 Å². The van der Waals surface area contributed by atoms with E-state index in [0.29, 0.717) is 6.54 Å². The van der Waals surface area contributed by atoms with Gasteiger partial charge in [0.15, 0.2) is 0 Å². The van der Waals surface area contributed by atoms with Crippen molar-refractivity contribution in [3.8, 4) is 0 Å². The Morgan fingerprint density at radius 3 is 2.40 bits per heavy atom. The lowest BCUT2D eigenvalue weighted by atomic mass is 10.2. The van der Waals surface area contributed by atoms with Gasteiger partial charge in [0.2, 0.25) is 11.8 Å². The lowest BCUT2D eigenvalue weighted by Gasteiger charge is -2.34. The maximum atomic E-state index is 12.3. The highest BCUT2D eigenvalue weighted by molar-refractivity contribution is 7.09. The van der Waals surface area contributed by atoms with Crippen molar-refractivity contribution in [1.82, 2.24) is 20.1 Å². The average Bonchev–Trinajstić information content (AvgIpc) is 3.11. The minimum Gasteiger partial charge on any atom is -0.353 e. The summed E-state index contributed by atoms with van der Waals surface area (Å²) in [5, 5.41) is 8.73. The van der Waals surface area contributed by atoms with Crippen LogP contribution in [0.1, 0.15) is 30.1 Å². The maximum Gasteiger partial charge on any atom is 0.234 e. The van der Waals surface area contributed by atoms with Crippen LogP contribution in [0.3, 0.4) is 0 Å². The Kier molecular flexibility index (Phi) is 7.95. The van der Waals surface area contributed by atoms with Gasteiger partial charge in [0.1, 0.15) is 5.01 Å². The maximum absolute atomic E-state index is 12.3. The highest BCUT2D eigenvalue weighted by Gasteiger charge is 2.20. The Labute approximate surface area is 182 Å². The van der Waals surface area contributed by atoms with Crippen molar-refractivity contribution in [2.24, 2.45) is 0 Å². The van der Waals surface area contributed by atoms with Crippen LogP contribution < -0.4 is 10.6 Å². The highest BCUT2D eigenvalue weighted by atomic mass is 32.1. The van der Waals surface area contributed by atoms with Gasteiger partial charge in [-0.1, -0.05) is 17.7 Å². The predicted octanol–water partition coefficient (Wildman–Crippen LogP) is 2.27. The van der Waals surface area contributed by atoms with Crippen LogP contribution in [0.4, 0.5) is 5.69 Å². The van der Waals surface area contributed by atoms with Crippen molar-refractivity contribution in [2.75, 3.05) is 38.0 Å². The molecule has 2 heterocycles. The van der Waals surface area contributed by atoms with Crippen LogP contribution in [0.25, 0.3) is 0 Å². The van der Waals surface area contributed by atoms with Crippen molar-refractivity contribution in [1.29, 1.82) is 0 Å². The predicted molar refractivity (Wildman–Crippen MR) is 121 cm³/mol. The summed E-state index contributed by atoms with van der Waals surface area (Å²) in [5.74, 6) is 0.0412. The zero-order valence-electron chi connectivity index (χ0n) is 18.0. The molecule has 0 bridgehead atoms. The van der Waals surface area contributed by atoms with Gasteiger partial charge < -0.3 is 10.6 Å². The lowest BCUT2D eigenvalue weighted by molar-refractivity contribution is -0.123. The molecular weight excluding hydrogens is 398 g/mol. The molecule has 30 heavy (non-hydrogen) atoms. The van der Waals surface area contributed by atoms with Gasteiger partial charge in [-0.05, 0) is 32.9 Å². The highest BCUT2D eigenvalue weighted by Crippen LogP contribution is 2.15. The number of anilines is 1. The summed E-state index contributed by atoms with van der Waals surface area (Å²) in [6.45, 7) is 10.8. The fourth-order valence-electron chi connectivity index (χ4n) is 3.39. The molecule has 0 aliphatic carbocycles. The SMILES string of the molecule is Cc1ccc(NC(=O)Cc2nc(CN3CCN(CC(=O)NC(C)C)CC3)cs2)cc1. The molecule has 2 aromatic rings. The summed E-state index contributed by atoms with van der Waals surface area (Å²) < 4.78 is 0. The molecule has 0 radical (unpaired) electrons. The average molecular weight is 430 g/mol. The first-order chi connectivity index (χ1) is 14.4. The molecule has 0 spiro atoms. The van der Waals surface area contributed by atoms with Gasteiger partial charge in [-0.15, -0.1) is 11.3 Å². The van der Waals surface area contributed by atoms with Crippen LogP contribution in [-0.4, -0.2) is 65.4 Å². The Morgan fingerprint density at radius 2 is 1.73 bits per heavy atom. The van der Waals surface area contributed by atoms with Crippen molar-refractivity contribution in [2.45, 2.75) is 39.8 Å².